The minimum Gasteiger partial charge on any atom is -0.478 e. The van der Waals surface area contributed by atoms with E-state index < -0.39 is 6.23 Å². The molecule has 0 fully saturated rings. The molecule has 2 N–H and O–H groups in total. The summed E-state index contributed by atoms with van der Waals surface area (Å²) in [4.78, 5) is 1.81. The highest BCUT2D eigenvalue weighted by Gasteiger charge is 2.29. The summed E-state index contributed by atoms with van der Waals surface area (Å²) in [6.07, 6.45) is 0.939. The number of nitrogens with one attached hydrogen (secondary N) is 1. The van der Waals surface area contributed by atoms with Crippen molar-refractivity contribution < 1.29 is 9.84 Å². The normalized spacial score (nSPS) is 33.7. The van der Waals surface area contributed by atoms with Crippen molar-refractivity contribution in [2.45, 2.75) is 26.2 Å². The Labute approximate surface area is 93.0 Å². The van der Waals surface area contributed by atoms with E-state index in [1.165, 1.54) is 0 Å². The Kier molecular flexibility index (Phi) is 4.22. The summed E-state index contributed by atoms with van der Waals surface area (Å²) in [6.45, 7) is 4.65. The fourth-order valence-corrected chi connectivity index (χ4v) is 1.70. The third-order valence-electron chi connectivity index (χ3n) is 2.21. The van der Waals surface area contributed by atoms with E-state index in [-0.39, 0.29) is 12.0 Å². The molecule has 0 radical (unpaired) electrons. The van der Waals surface area contributed by atoms with Crippen LogP contribution in [0.4, 0.5) is 0 Å². The van der Waals surface area contributed by atoms with Gasteiger partial charge in [0.15, 0.2) is 4.67 Å². The van der Waals surface area contributed by atoms with Gasteiger partial charge in [0.2, 0.25) is 0 Å². The first-order valence-electron chi connectivity index (χ1n) is 4.66. The summed E-state index contributed by atoms with van der Waals surface area (Å²) in [6, 6.07) is 0. The van der Waals surface area contributed by atoms with Crippen molar-refractivity contribution in [3.05, 3.63) is 10.9 Å². The van der Waals surface area contributed by atoms with Gasteiger partial charge in [-0.15, -0.1) is 0 Å². The Morgan fingerprint density at radius 3 is 2.93 bits per heavy atom. The first-order valence-corrected chi connectivity index (χ1v) is 5.45. The van der Waals surface area contributed by atoms with Gasteiger partial charge >= 0.3 is 0 Å². The number of likely N-dealkylation sites (N-methyl/N-ethyl adjacent to an activating group) is 1. The number of aliphatic hydroxyl groups is 1. The molecular weight excluding hydrogens is 248 g/mol. The van der Waals surface area contributed by atoms with Crippen LogP contribution in [-0.4, -0.2) is 36.1 Å². The molecule has 5 heteroatoms. The molecule has 4 nitrogen and oxygen atoms in total. The maximum absolute atomic E-state index is 9.94. The highest BCUT2D eigenvalue weighted by molar-refractivity contribution is 9.11. The van der Waals surface area contributed by atoms with Crippen LogP contribution in [0.1, 0.15) is 13.8 Å². The van der Waals surface area contributed by atoms with Crippen molar-refractivity contribution in [1.82, 2.24) is 10.2 Å². The van der Waals surface area contributed by atoms with Gasteiger partial charge in [0.25, 0.3) is 0 Å². The topological polar surface area (TPSA) is 44.7 Å². The van der Waals surface area contributed by atoms with Crippen molar-refractivity contribution in [2.75, 3.05) is 13.7 Å². The summed E-state index contributed by atoms with van der Waals surface area (Å²) in [7, 11) is 1.85. The molecule has 14 heavy (non-hydrogen) atoms. The second-order valence-corrected chi connectivity index (χ2v) is 4.59. The lowest BCUT2D eigenvalue weighted by atomic mass is 10.1. The van der Waals surface area contributed by atoms with Crippen LogP contribution in [0.3, 0.4) is 0 Å². The molecule has 1 heterocycles. The Bertz CT molecular complexity index is 221. The maximum atomic E-state index is 9.94. The fraction of sp³-hybridized carbons (Fsp3) is 0.778. The number of hydrogen-bond acceptors (Lipinski definition) is 4. The monoisotopic (exact) mass is 264 g/mol. The van der Waals surface area contributed by atoms with Crippen molar-refractivity contribution in [3.63, 3.8) is 0 Å². The SMILES string of the molecule is CC(C)C1O/C(Br)=C\NCN(C)C1O. The highest BCUT2D eigenvalue weighted by atomic mass is 79.9. The third-order valence-corrected chi connectivity index (χ3v) is 2.62. The lowest BCUT2D eigenvalue weighted by Gasteiger charge is -2.34. The van der Waals surface area contributed by atoms with E-state index in [0.717, 1.165) is 0 Å². The molecule has 0 amide bonds. The van der Waals surface area contributed by atoms with Gasteiger partial charge in [0.1, 0.15) is 12.3 Å². The van der Waals surface area contributed by atoms with Crippen molar-refractivity contribution >= 4 is 15.9 Å². The lowest BCUT2D eigenvalue weighted by Crippen LogP contribution is -2.48. The molecule has 82 valence electrons. The molecule has 2 unspecified atom stereocenters. The van der Waals surface area contributed by atoms with Crippen LogP contribution in [0.5, 0.6) is 0 Å². The predicted octanol–water partition coefficient (Wildman–Crippen LogP) is 1.03. The largest absolute Gasteiger partial charge is 0.478 e. The van der Waals surface area contributed by atoms with Crippen LogP contribution in [0.15, 0.2) is 10.9 Å². The molecule has 0 saturated heterocycles. The van der Waals surface area contributed by atoms with Crippen LogP contribution in [-0.2, 0) is 4.74 Å². The second-order valence-electron chi connectivity index (χ2n) is 3.81. The second kappa shape index (κ2) is 5.00. The van der Waals surface area contributed by atoms with E-state index in [2.05, 4.69) is 21.2 Å². The van der Waals surface area contributed by atoms with Crippen LogP contribution in [0.2, 0.25) is 0 Å². The van der Waals surface area contributed by atoms with Gasteiger partial charge in [0.05, 0.1) is 6.67 Å². The summed E-state index contributed by atoms with van der Waals surface area (Å²) in [5, 5.41) is 13.0. The highest BCUT2D eigenvalue weighted by Crippen LogP contribution is 2.20. The van der Waals surface area contributed by atoms with Gasteiger partial charge in [0, 0.05) is 6.20 Å². The lowest BCUT2D eigenvalue weighted by molar-refractivity contribution is -0.102. The van der Waals surface area contributed by atoms with Crippen molar-refractivity contribution in [2.24, 2.45) is 5.92 Å². The molecule has 1 aliphatic rings. The van der Waals surface area contributed by atoms with E-state index in [1.54, 1.807) is 11.1 Å². The quantitative estimate of drug-likeness (QED) is 0.743. The molecule has 0 bridgehead atoms. The van der Waals surface area contributed by atoms with E-state index >= 15 is 0 Å². The molecule has 0 aromatic carbocycles. The fourth-order valence-electron chi connectivity index (χ4n) is 1.32. The predicted molar refractivity (Wildman–Crippen MR) is 58.5 cm³/mol. The number of halogens is 1. The smallest absolute Gasteiger partial charge is 0.178 e. The zero-order chi connectivity index (χ0) is 10.7. The summed E-state index contributed by atoms with van der Waals surface area (Å²) in [5.74, 6) is 0.256. The molecule has 1 rings (SSSR count). The number of ether oxygens (including phenoxy) is 1. The van der Waals surface area contributed by atoms with Gasteiger partial charge in [-0.05, 0) is 28.9 Å². The Morgan fingerprint density at radius 2 is 2.36 bits per heavy atom. The number of nitrogens with zero attached hydrogens (tertiary/aromatic N) is 1. The standard InChI is InChI=1S/C9H17BrN2O2/c1-6(2)8-9(13)12(3)5-11-4-7(10)14-8/h4,6,8-9,11,13H,5H2,1-3H3/b7-4-. The average Bonchev–Trinajstić information content (AvgIpc) is 2.10. The van der Waals surface area contributed by atoms with Gasteiger partial charge < -0.3 is 15.2 Å². The van der Waals surface area contributed by atoms with Gasteiger partial charge in [-0.2, -0.15) is 0 Å². The third kappa shape index (κ3) is 2.87. The van der Waals surface area contributed by atoms with E-state index in [0.29, 0.717) is 11.3 Å². The zero-order valence-corrected chi connectivity index (χ0v) is 10.3. The van der Waals surface area contributed by atoms with Gasteiger partial charge in [-0.3, -0.25) is 4.90 Å². The van der Waals surface area contributed by atoms with Crippen LogP contribution in [0, 0.1) is 5.92 Å². The van der Waals surface area contributed by atoms with Crippen LogP contribution in [0.25, 0.3) is 0 Å². The minimum atomic E-state index is -0.594. The first kappa shape index (κ1) is 11.8. The molecule has 0 saturated carbocycles. The molecule has 2 atom stereocenters. The molecular formula is C9H17BrN2O2. The average molecular weight is 265 g/mol. The van der Waals surface area contributed by atoms with Crippen molar-refractivity contribution in [3.8, 4) is 0 Å². The number of rotatable bonds is 1. The molecule has 0 aromatic rings. The van der Waals surface area contributed by atoms with E-state index in [1.807, 2.05) is 20.9 Å². The molecule has 0 spiro atoms. The van der Waals surface area contributed by atoms with E-state index in [9.17, 15) is 5.11 Å². The summed E-state index contributed by atoms with van der Waals surface area (Å²) < 4.78 is 6.19. The Balaban J connectivity index is 2.77. The molecule has 1 aliphatic heterocycles. The maximum Gasteiger partial charge on any atom is 0.178 e. The van der Waals surface area contributed by atoms with Gasteiger partial charge in [-0.1, -0.05) is 13.8 Å². The van der Waals surface area contributed by atoms with Gasteiger partial charge in [-0.25, -0.2) is 0 Å². The zero-order valence-electron chi connectivity index (χ0n) is 8.70. The molecule has 0 aromatic heterocycles. The first-order chi connectivity index (χ1) is 6.52. The molecule has 0 aliphatic carbocycles. The van der Waals surface area contributed by atoms with Crippen LogP contribution < -0.4 is 5.32 Å². The van der Waals surface area contributed by atoms with Crippen LogP contribution >= 0.6 is 15.9 Å². The minimum absolute atomic E-state index is 0.215. The summed E-state index contributed by atoms with van der Waals surface area (Å²) in [5.41, 5.74) is 0. The Hall–Kier alpha value is -0.260. The Morgan fingerprint density at radius 1 is 1.71 bits per heavy atom. The van der Waals surface area contributed by atoms with Crippen molar-refractivity contribution in [1.29, 1.82) is 0 Å². The summed E-state index contributed by atoms with van der Waals surface area (Å²) >= 11 is 3.28. The number of aliphatic hydroxyl groups excluding tert-OH is 1. The van der Waals surface area contributed by atoms with E-state index in [4.69, 9.17) is 4.74 Å². The number of hydrogen-bond donors (Lipinski definition) is 2.